The van der Waals surface area contributed by atoms with Gasteiger partial charge in [-0.15, -0.1) is 0 Å². The normalized spacial score (nSPS) is 12.6. The summed E-state index contributed by atoms with van der Waals surface area (Å²) in [6.45, 7) is -0.155. The van der Waals surface area contributed by atoms with Gasteiger partial charge in [0.2, 0.25) is 0 Å². The van der Waals surface area contributed by atoms with E-state index in [1.165, 1.54) is 12.4 Å². The summed E-state index contributed by atoms with van der Waals surface area (Å²) >= 11 is 0. The Morgan fingerprint density at radius 2 is 2.22 bits per heavy atom. The monoisotopic (exact) mass is 350 g/mol. The van der Waals surface area contributed by atoms with Crippen molar-refractivity contribution in [1.29, 1.82) is 0 Å². The van der Waals surface area contributed by atoms with Crippen LogP contribution in [0.25, 0.3) is 0 Å². The van der Waals surface area contributed by atoms with Gasteiger partial charge in [-0.25, -0.2) is 14.0 Å². The van der Waals surface area contributed by atoms with E-state index in [0.717, 1.165) is 4.68 Å². The first-order valence-corrected chi connectivity index (χ1v) is 7.97. The Hall–Kier alpha value is -2.14. The molecule has 0 aliphatic carbocycles. The number of aromatic nitrogens is 2. The highest BCUT2D eigenvalue weighted by atomic mass is 31.2. The quantitative estimate of drug-likeness (QED) is 0.130. The second kappa shape index (κ2) is 8.48. The van der Waals surface area contributed by atoms with E-state index in [0.29, 0.717) is 18.7 Å². The van der Waals surface area contributed by atoms with Crippen molar-refractivity contribution in [3.8, 4) is 0 Å². The number of phosphoric acid groups is 1. The topological polar surface area (TPSA) is 198 Å². The van der Waals surface area contributed by atoms with E-state index < -0.39 is 26.6 Å². The number of anilines is 1. The van der Waals surface area contributed by atoms with E-state index in [1.807, 2.05) is 0 Å². The van der Waals surface area contributed by atoms with E-state index >= 15 is 0 Å². The first kappa shape index (κ1) is 18.9. The van der Waals surface area contributed by atoms with Gasteiger partial charge in [0.15, 0.2) is 12.7 Å². The second-order valence-corrected chi connectivity index (χ2v) is 5.74. The van der Waals surface area contributed by atoms with Crippen LogP contribution in [0.4, 0.5) is 5.69 Å². The number of aliphatic imine (C=N–C) groups is 1. The summed E-state index contributed by atoms with van der Waals surface area (Å²) in [5, 5.41) is 15.7. The molecule has 1 atom stereocenters. The van der Waals surface area contributed by atoms with Gasteiger partial charge >= 0.3 is 13.8 Å². The van der Waals surface area contributed by atoms with Crippen molar-refractivity contribution in [2.75, 3.05) is 11.9 Å². The molecule has 13 heteroatoms. The molecule has 0 saturated heterocycles. The predicted molar refractivity (Wildman–Crippen MR) is 80.3 cm³/mol. The molecular weight excluding hydrogens is 331 g/mol. The molecule has 0 bridgehead atoms. The minimum Gasteiger partial charge on any atom is -0.480 e. The predicted octanol–water partition coefficient (Wildman–Crippen LogP) is -1.13. The molecule has 1 aromatic rings. The van der Waals surface area contributed by atoms with Gasteiger partial charge in [0.1, 0.15) is 6.04 Å². The average Bonchev–Trinajstić information content (AvgIpc) is 2.86. The van der Waals surface area contributed by atoms with Gasteiger partial charge in [0, 0.05) is 6.54 Å². The number of hydrogen-bond acceptors (Lipinski definition) is 6. The van der Waals surface area contributed by atoms with Crippen molar-refractivity contribution in [2.45, 2.75) is 25.6 Å². The Morgan fingerprint density at radius 1 is 1.52 bits per heavy atom. The number of phosphoric ester groups is 1. The lowest BCUT2D eigenvalue weighted by atomic mass is 10.1. The van der Waals surface area contributed by atoms with Crippen LogP contribution in [0, 0.1) is 0 Å². The maximum atomic E-state index is 11.2. The van der Waals surface area contributed by atoms with Crippen LogP contribution in [0.2, 0.25) is 0 Å². The molecule has 23 heavy (non-hydrogen) atoms. The van der Waals surface area contributed by atoms with Crippen LogP contribution >= 0.6 is 7.82 Å². The fourth-order valence-corrected chi connectivity index (χ4v) is 1.87. The summed E-state index contributed by atoms with van der Waals surface area (Å²) in [5.41, 5.74) is 10.7. The highest BCUT2D eigenvalue weighted by Crippen LogP contribution is 2.36. The minimum absolute atomic E-state index is 0.0591. The van der Waals surface area contributed by atoms with E-state index in [2.05, 4.69) is 19.9 Å². The van der Waals surface area contributed by atoms with Gasteiger partial charge in [-0.1, -0.05) is 0 Å². The molecule has 130 valence electrons. The number of guanidine groups is 1. The molecule has 1 rings (SSSR count). The zero-order valence-corrected chi connectivity index (χ0v) is 13.0. The molecule has 0 saturated carbocycles. The molecule has 0 amide bonds. The first-order chi connectivity index (χ1) is 10.7. The lowest BCUT2D eigenvalue weighted by molar-refractivity contribution is -0.138. The van der Waals surface area contributed by atoms with Crippen LogP contribution < -0.4 is 16.8 Å². The highest BCUT2D eigenvalue weighted by molar-refractivity contribution is 7.46. The molecule has 1 heterocycles. The maximum Gasteiger partial charge on any atom is 0.471 e. The Kier molecular flexibility index (Phi) is 6.97. The molecule has 0 unspecified atom stereocenters. The highest BCUT2D eigenvalue weighted by Gasteiger charge is 2.18. The molecule has 0 fully saturated rings. The van der Waals surface area contributed by atoms with Crippen LogP contribution in [-0.2, 0) is 20.6 Å². The molecule has 12 nitrogen and oxygen atoms in total. The average molecular weight is 350 g/mol. The molecule has 1 aromatic heterocycles. The smallest absolute Gasteiger partial charge is 0.471 e. The number of nitrogens with zero attached hydrogens (tertiary/aromatic N) is 3. The summed E-state index contributed by atoms with van der Waals surface area (Å²) < 4.78 is 16.0. The fraction of sp³-hybridized carbons (Fsp3) is 0.500. The molecule has 0 aliphatic heterocycles. The van der Waals surface area contributed by atoms with Gasteiger partial charge < -0.3 is 31.7 Å². The standard InChI is InChI=1S/C10H19N6O6P/c11-10(12)13-3-1-2-8(9(17)18)15-7-4-14-16(5-7)6-22-23(19,20)21/h4-5,8,15H,1-3,6H2,(H,17,18)(H4,11,12,13)(H2,19,20,21)/t8-/m0/s1. The summed E-state index contributed by atoms with van der Waals surface area (Å²) in [6.07, 6.45) is 3.41. The molecule has 0 aliphatic rings. The van der Waals surface area contributed by atoms with Gasteiger partial charge in [0.05, 0.1) is 18.1 Å². The molecule has 0 spiro atoms. The molecule has 0 radical (unpaired) electrons. The number of carbonyl (C=O) groups is 1. The molecule has 8 N–H and O–H groups in total. The third-order valence-electron chi connectivity index (χ3n) is 2.58. The SMILES string of the molecule is NC(N)=NCCC[C@H](Nc1cnn(COP(=O)(O)O)c1)C(=O)O. The Morgan fingerprint density at radius 3 is 2.78 bits per heavy atom. The largest absolute Gasteiger partial charge is 0.480 e. The van der Waals surface area contributed by atoms with E-state index in [1.54, 1.807) is 0 Å². The summed E-state index contributed by atoms with van der Waals surface area (Å²) in [5.74, 6) is -1.12. The minimum atomic E-state index is -4.60. The lowest BCUT2D eigenvalue weighted by Gasteiger charge is -2.13. The first-order valence-electron chi connectivity index (χ1n) is 6.44. The van der Waals surface area contributed by atoms with Crippen molar-refractivity contribution in [3.05, 3.63) is 12.4 Å². The molecular formula is C10H19N6O6P. The number of hydrogen-bond donors (Lipinski definition) is 6. The number of carboxylic acid groups (broad SMARTS) is 1. The van der Waals surface area contributed by atoms with Crippen molar-refractivity contribution in [1.82, 2.24) is 9.78 Å². The summed E-state index contributed by atoms with van der Waals surface area (Å²) in [7, 11) is -4.60. The zero-order chi connectivity index (χ0) is 17.5. The third-order valence-corrected chi connectivity index (χ3v) is 3.03. The van der Waals surface area contributed by atoms with Gasteiger partial charge in [-0.2, -0.15) is 5.10 Å². The van der Waals surface area contributed by atoms with E-state index in [9.17, 15) is 9.36 Å². The van der Waals surface area contributed by atoms with Crippen LogP contribution in [0.15, 0.2) is 17.4 Å². The van der Waals surface area contributed by atoms with Gasteiger partial charge in [-0.3, -0.25) is 9.52 Å². The van der Waals surface area contributed by atoms with Gasteiger partial charge in [-0.05, 0) is 12.8 Å². The van der Waals surface area contributed by atoms with Crippen LogP contribution in [0.5, 0.6) is 0 Å². The lowest BCUT2D eigenvalue weighted by Crippen LogP contribution is -2.29. The number of nitrogens with one attached hydrogen (secondary N) is 1. The zero-order valence-electron chi connectivity index (χ0n) is 12.1. The number of nitrogens with two attached hydrogens (primary N) is 2. The van der Waals surface area contributed by atoms with Crippen molar-refractivity contribution < 1.29 is 28.8 Å². The van der Waals surface area contributed by atoms with E-state index in [-0.39, 0.29) is 12.4 Å². The van der Waals surface area contributed by atoms with Crippen LogP contribution in [-0.4, -0.2) is 49.2 Å². The summed E-state index contributed by atoms with van der Waals surface area (Å²) in [6, 6.07) is -0.885. The second-order valence-electron chi connectivity index (χ2n) is 4.50. The Balaban J connectivity index is 2.53. The third kappa shape index (κ3) is 8.16. The van der Waals surface area contributed by atoms with Gasteiger partial charge in [0.25, 0.3) is 0 Å². The van der Waals surface area contributed by atoms with Crippen LogP contribution in [0.3, 0.4) is 0 Å². The number of carboxylic acids is 1. The Labute approximate surface area is 131 Å². The van der Waals surface area contributed by atoms with E-state index in [4.69, 9.17) is 26.4 Å². The Bertz CT molecular complexity index is 594. The summed E-state index contributed by atoms with van der Waals surface area (Å²) in [4.78, 5) is 32.1. The number of aliphatic carboxylic acids is 1. The fourth-order valence-electron chi connectivity index (χ4n) is 1.61. The van der Waals surface area contributed by atoms with Crippen molar-refractivity contribution in [3.63, 3.8) is 0 Å². The molecule has 0 aromatic carbocycles. The maximum absolute atomic E-state index is 11.2. The van der Waals surface area contributed by atoms with Crippen molar-refractivity contribution >= 4 is 25.4 Å². The van der Waals surface area contributed by atoms with Crippen LogP contribution in [0.1, 0.15) is 12.8 Å². The van der Waals surface area contributed by atoms with Crippen molar-refractivity contribution in [2.24, 2.45) is 16.5 Å². The number of rotatable bonds is 10.